The lowest BCUT2D eigenvalue weighted by atomic mass is 10.1. The van der Waals surface area contributed by atoms with E-state index < -0.39 is 5.91 Å². The van der Waals surface area contributed by atoms with Crippen LogP contribution >= 0.6 is 23.4 Å². The summed E-state index contributed by atoms with van der Waals surface area (Å²) >= 11 is 7.22. The van der Waals surface area contributed by atoms with Crippen molar-refractivity contribution in [2.24, 2.45) is 10.1 Å². The van der Waals surface area contributed by atoms with E-state index in [-0.39, 0.29) is 11.4 Å². The number of rotatable bonds is 4. The van der Waals surface area contributed by atoms with Crippen molar-refractivity contribution in [1.82, 2.24) is 5.01 Å². The lowest BCUT2D eigenvalue weighted by Gasteiger charge is -2.20. The van der Waals surface area contributed by atoms with E-state index >= 15 is 0 Å². The molecule has 1 amide bonds. The molecule has 0 radical (unpaired) electrons. The molecule has 6 nitrogen and oxygen atoms in total. The summed E-state index contributed by atoms with van der Waals surface area (Å²) < 4.78 is 5.14. The lowest BCUT2D eigenvalue weighted by molar-refractivity contribution is -0.114. The SMILES string of the molecule is COc1ccc(C=C2C(=N)N3N=C(Cc4ccc(Cl)cc4)SC3=NC2=O)cc1. The van der Waals surface area contributed by atoms with Gasteiger partial charge >= 0.3 is 0 Å². The summed E-state index contributed by atoms with van der Waals surface area (Å²) in [5, 5.41) is 16.2. The highest BCUT2D eigenvalue weighted by Crippen LogP contribution is 2.30. The molecule has 8 heteroatoms. The van der Waals surface area contributed by atoms with Crippen molar-refractivity contribution in [3.05, 3.63) is 70.3 Å². The second-order valence-electron chi connectivity index (χ2n) is 6.09. The van der Waals surface area contributed by atoms with E-state index in [4.69, 9.17) is 21.7 Å². The summed E-state index contributed by atoms with van der Waals surface area (Å²) in [6.45, 7) is 0. The van der Waals surface area contributed by atoms with E-state index in [1.807, 2.05) is 36.4 Å². The minimum Gasteiger partial charge on any atom is -0.497 e. The second kappa shape index (κ2) is 7.61. The number of thioether (sulfide) groups is 1. The predicted molar refractivity (Wildman–Crippen MR) is 113 cm³/mol. The first-order valence-electron chi connectivity index (χ1n) is 8.41. The standard InChI is InChI=1S/C20H15ClN4O2S/c1-27-15-8-4-12(5-9-15)10-16-18(22)25-20(23-19(16)26)28-17(24-25)11-13-2-6-14(21)7-3-13/h2-10,22H,11H2,1H3. The van der Waals surface area contributed by atoms with Gasteiger partial charge in [0.15, 0.2) is 5.84 Å². The highest BCUT2D eigenvalue weighted by atomic mass is 35.5. The van der Waals surface area contributed by atoms with Crippen molar-refractivity contribution in [3.63, 3.8) is 0 Å². The zero-order valence-electron chi connectivity index (χ0n) is 14.8. The average molecular weight is 411 g/mol. The van der Waals surface area contributed by atoms with Gasteiger partial charge in [-0.15, -0.1) is 0 Å². The number of ether oxygens (including phenoxy) is 1. The fourth-order valence-electron chi connectivity index (χ4n) is 2.75. The predicted octanol–water partition coefficient (Wildman–Crippen LogP) is 4.21. The number of methoxy groups -OCH3 is 1. The number of hydrogen-bond acceptors (Lipinski definition) is 5. The molecular weight excluding hydrogens is 396 g/mol. The van der Waals surface area contributed by atoms with Crippen LogP contribution in [0.15, 0.2) is 64.2 Å². The Morgan fingerprint density at radius 2 is 1.89 bits per heavy atom. The third kappa shape index (κ3) is 3.72. The number of amides is 1. The molecule has 2 aliphatic rings. The van der Waals surface area contributed by atoms with Crippen LogP contribution in [0.25, 0.3) is 6.08 Å². The maximum absolute atomic E-state index is 12.5. The van der Waals surface area contributed by atoms with Crippen molar-refractivity contribution < 1.29 is 9.53 Å². The largest absolute Gasteiger partial charge is 0.497 e. The van der Waals surface area contributed by atoms with Crippen LogP contribution in [0, 0.1) is 5.41 Å². The summed E-state index contributed by atoms with van der Waals surface area (Å²) in [6.07, 6.45) is 2.22. The number of halogens is 1. The first-order chi connectivity index (χ1) is 13.5. The number of fused-ring (bicyclic) bond motifs is 1. The molecule has 2 aliphatic heterocycles. The molecule has 0 atom stereocenters. The van der Waals surface area contributed by atoms with Gasteiger partial charge in [0.2, 0.25) is 5.17 Å². The van der Waals surface area contributed by atoms with Crippen LogP contribution in [-0.4, -0.2) is 34.1 Å². The topological polar surface area (TPSA) is 78.1 Å². The molecule has 140 valence electrons. The monoisotopic (exact) mass is 410 g/mol. The summed E-state index contributed by atoms with van der Waals surface area (Å²) in [5.74, 6) is 0.298. The van der Waals surface area contributed by atoms with Gasteiger partial charge in [-0.3, -0.25) is 10.2 Å². The van der Waals surface area contributed by atoms with Gasteiger partial charge in [-0.25, -0.2) is 0 Å². The number of benzene rings is 2. The zero-order chi connectivity index (χ0) is 19.7. The van der Waals surface area contributed by atoms with Crippen LogP contribution in [0.5, 0.6) is 5.75 Å². The fraction of sp³-hybridized carbons (Fsp3) is 0.100. The number of nitrogens with one attached hydrogen (secondary N) is 1. The molecule has 0 fully saturated rings. The highest BCUT2D eigenvalue weighted by molar-refractivity contribution is 8.26. The number of carbonyl (C=O) groups is 1. The van der Waals surface area contributed by atoms with Gasteiger partial charge in [0, 0.05) is 11.4 Å². The molecule has 2 aromatic carbocycles. The van der Waals surface area contributed by atoms with Crippen LogP contribution in [0.3, 0.4) is 0 Å². The number of carbonyl (C=O) groups excluding carboxylic acids is 1. The van der Waals surface area contributed by atoms with Gasteiger partial charge < -0.3 is 4.74 Å². The minimum absolute atomic E-state index is 0.0180. The first-order valence-corrected chi connectivity index (χ1v) is 9.60. The Labute approximate surface area is 171 Å². The van der Waals surface area contributed by atoms with Crippen molar-refractivity contribution in [2.75, 3.05) is 7.11 Å². The van der Waals surface area contributed by atoms with Gasteiger partial charge in [-0.05, 0) is 53.2 Å². The number of hydrazone groups is 1. The minimum atomic E-state index is -0.442. The van der Waals surface area contributed by atoms with Gasteiger partial charge in [-0.2, -0.15) is 15.1 Å². The van der Waals surface area contributed by atoms with E-state index in [9.17, 15) is 4.79 Å². The lowest BCUT2D eigenvalue weighted by Crippen LogP contribution is -2.35. The van der Waals surface area contributed by atoms with E-state index in [1.165, 1.54) is 16.8 Å². The van der Waals surface area contributed by atoms with Gasteiger partial charge in [0.1, 0.15) is 10.8 Å². The van der Waals surface area contributed by atoms with E-state index in [2.05, 4.69) is 10.1 Å². The molecular formula is C20H15ClN4O2S. The van der Waals surface area contributed by atoms with Crippen LogP contribution in [0.1, 0.15) is 11.1 Å². The maximum atomic E-state index is 12.5. The van der Waals surface area contributed by atoms with E-state index in [1.54, 1.807) is 25.3 Å². The molecule has 0 bridgehead atoms. The molecule has 0 saturated carbocycles. The number of hydrogen-bond donors (Lipinski definition) is 1. The molecule has 0 saturated heterocycles. The summed E-state index contributed by atoms with van der Waals surface area (Å²) in [7, 11) is 1.59. The smallest absolute Gasteiger partial charge is 0.283 e. The molecule has 0 unspecified atom stereocenters. The molecule has 0 aromatic heterocycles. The van der Waals surface area contributed by atoms with Crippen molar-refractivity contribution in [3.8, 4) is 5.75 Å². The normalized spacial score (nSPS) is 17.5. The third-order valence-electron chi connectivity index (χ3n) is 4.19. The fourth-order valence-corrected chi connectivity index (χ4v) is 3.79. The molecule has 4 rings (SSSR count). The summed E-state index contributed by atoms with van der Waals surface area (Å²) in [6, 6.07) is 14.7. The van der Waals surface area contributed by atoms with Gasteiger partial charge in [0.05, 0.1) is 12.7 Å². The maximum Gasteiger partial charge on any atom is 0.283 e. The Morgan fingerprint density at radius 1 is 1.18 bits per heavy atom. The molecule has 1 N–H and O–H groups in total. The van der Waals surface area contributed by atoms with Crippen LogP contribution < -0.4 is 4.74 Å². The van der Waals surface area contributed by atoms with Crippen LogP contribution in [-0.2, 0) is 11.2 Å². The Bertz CT molecular complexity index is 1040. The van der Waals surface area contributed by atoms with Gasteiger partial charge in [-0.1, -0.05) is 35.9 Å². The number of nitrogens with zero attached hydrogens (tertiary/aromatic N) is 3. The summed E-state index contributed by atoms with van der Waals surface area (Å²) in [5.41, 5.74) is 2.03. The van der Waals surface area contributed by atoms with Gasteiger partial charge in [0.25, 0.3) is 5.91 Å². The van der Waals surface area contributed by atoms with Crippen molar-refractivity contribution in [2.45, 2.75) is 6.42 Å². The Balaban J connectivity index is 1.57. The third-order valence-corrected chi connectivity index (χ3v) is 5.35. The molecule has 0 aliphatic carbocycles. The number of amidine groups is 2. The second-order valence-corrected chi connectivity index (χ2v) is 7.57. The molecule has 2 aromatic rings. The van der Waals surface area contributed by atoms with Crippen LogP contribution in [0.4, 0.5) is 0 Å². The first kappa shape index (κ1) is 18.5. The molecule has 28 heavy (non-hydrogen) atoms. The average Bonchev–Trinajstić information content (AvgIpc) is 3.10. The summed E-state index contributed by atoms with van der Waals surface area (Å²) in [4.78, 5) is 16.6. The van der Waals surface area contributed by atoms with E-state index in [0.29, 0.717) is 16.6 Å². The van der Waals surface area contributed by atoms with E-state index in [0.717, 1.165) is 21.9 Å². The Hall–Kier alpha value is -2.90. The Morgan fingerprint density at radius 3 is 2.57 bits per heavy atom. The zero-order valence-corrected chi connectivity index (χ0v) is 16.4. The number of aliphatic imine (C=N–C) groups is 1. The molecule has 0 spiro atoms. The highest BCUT2D eigenvalue weighted by Gasteiger charge is 2.35. The molecule has 2 heterocycles. The van der Waals surface area contributed by atoms with Crippen molar-refractivity contribution in [1.29, 1.82) is 5.41 Å². The van der Waals surface area contributed by atoms with Crippen LogP contribution in [0.2, 0.25) is 5.02 Å². The Kier molecular flexibility index (Phi) is 5.02. The quantitative estimate of drug-likeness (QED) is 0.766. The van der Waals surface area contributed by atoms with Crippen molar-refractivity contribution >= 4 is 51.4 Å².